The standard InChI is InChI=1S/C13H13N3O2S/c1-16-11(5-7-14-16)15-13(18)12-10(6-9-19-12)4-2-3-8-17/h5-7,9,17H,3,8H2,1H3,(H,15,18). The fourth-order valence-corrected chi connectivity index (χ4v) is 2.21. The molecule has 2 aromatic heterocycles. The van der Waals surface area contributed by atoms with Crippen molar-refractivity contribution in [1.82, 2.24) is 9.78 Å². The summed E-state index contributed by atoms with van der Waals surface area (Å²) >= 11 is 1.34. The van der Waals surface area contributed by atoms with E-state index in [-0.39, 0.29) is 12.5 Å². The van der Waals surface area contributed by atoms with Crippen LogP contribution in [-0.4, -0.2) is 27.4 Å². The van der Waals surface area contributed by atoms with Crippen LogP contribution in [-0.2, 0) is 7.05 Å². The number of carbonyl (C=O) groups is 1. The predicted molar refractivity (Wildman–Crippen MR) is 74.1 cm³/mol. The van der Waals surface area contributed by atoms with Gasteiger partial charge < -0.3 is 10.4 Å². The largest absolute Gasteiger partial charge is 0.395 e. The highest BCUT2D eigenvalue weighted by molar-refractivity contribution is 7.12. The molecule has 2 rings (SSSR count). The maximum atomic E-state index is 12.1. The van der Waals surface area contributed by atoms with Crippen LogP contribution < -0.4 is 5.32 Å². The Labute approximate surface area is 114 Å². The number of aliphatic hydroxyl groups excluding tert-OH is 1. The van der Waals surface area contributed by atoms with Crippen molar-refractivity contribution in [2.75, 3.05) is 11.9 Å². The van der Waals surface area contributed by atoms with E-state index < -0.39 is 0 Å². The first-order chi connectivity index (χ1) is 9.22. The molecule has 5 nitrogen and oxygen atoms in total. The van der Waals surface area contributed by atoms with Gasteiger partial charge in [0.25, 0.3) is 5.91 Å². The maximum absolute atomic E-state index is 12.1. The van der Waals surface area contributed by atoms with Gasteiger partial charge in [-0.2, -0.15) is 5.10 Å². The SMILES string of the molecule is Cn1nccc1NC(=O)c1sccc1C#CCCO. The van der Waals surface area contributed by atoms with Gasteiger partial charge in [-0.1, -0.05) is 11.8 Å². The fourth-order valence-electron chi connectivity index (χ4n) is 1.47. The molecule has 0 saturated carbocycles. The molecule has 1 amide bonds. The molecular formula is C13H13N3O2S. The highest BCUT2D eigenvalue weighted by atomic mass is 32.1. The van der Waals surface area contributed by atoms with Crippen molar-refractivity contribution in [3.8, 4) is 11.8 Å². The first-order valence-corrected chi connectivity index (χ1v) is 6.57. The van der Waals surface area contributed by atoms with Gasteiger partial charge >= 0.3 is 0 Å². The molecule has 0 bridgehead atoms. The van der Waals surface area contributed by atoms with E-state index in [0.717, 1.165) is 0 Å². The first-order valence-electron chi connectivity index (χ1n) is 5.69. The van der Waals surface area contributed by atoms with E-state index in [4.69, 9.17) is 5.11 Å². The molecule has 0 aliphatic carbocycles. The van der Waals surface area contributed by atoms with E-state index in [1.165, 1.54) is 11.3 Å². The third kappa shape index (κ3) is 3.22. The van der Waals surface area contributed by atoms with Gasteiger partial charge in [0, 0.05) is 25.1 Å². The maximum Gasteiger partial charge on any atom is 0.268 e. The molecule has 19 heavy (non-hydrogen) atoms. The van der Waals surface area contributed by atoms with Crippen LogP contribution in [0, 0.1) is 11.8 Å². The quantitative estimate of drug-likeness (QED) is 0.834. The lowest BCUT2D eigenvalue weighted by atomic mass is 10.2. The molecule has 2 aromatic rings. The Morgan fingerprint density at radius 3 is 3.11 bits per heavy atom. The molecule has 6 heteroatoms. The molecule has 2 heterocycles. The smallest absolute Gasteiger partial charge is 0.268 e. The summed E-state index contributed by atoms with van der Waals surface area (Å²) in [5.41, 5.74) is 0.679. The second kappa shape index (κ2) is 6.18. The third-order valence-corrected chi connectivity index (χ3v) is 3.31. The number of hydrogen-bond donors (Lipinski definition) is 2. The van der Waals surface area contributed by atoms with Crippen molar-refractivity contribution in [3.05, 3.63) is 34.2 Å². The van der Waals surface area contributed by atoms with Crippen LogP contribution in [0.5, 0.6) is 0 Å². The molecule has 0 saturated heterocycles. The van der Waals surface area contributed by atoms with E-state index in [9.17, 15) is 4.79 Å². The number of carbonyl (C=O) groups excluding carboxylic acids is 1. The minimum atomic E-state index is -0.202. The topological polar surface area (TPSA) is 67.2 Å². The minimum Gasteiger partial charge on any atom is -0.395 e. The molecule has 0 atom stereocenters. The van der Waals surface area contributed by atoms with Crippen molar-refractivity contribution in [2.24, 2.45) is 7.05 Å². The van der Waals surface area contributed by atoms with Gasteiger partial charge in [-0.05, 0) is 11.4 Å². The second-order valence-electron chi connectivity index (χ2n) is 3.73. The second-order valence-corrected chi connectivity index (χ2v) is 4.65. The number of aryl methyl sites for hydroxylation is 1. The Bertz CT molecular complexity index is 634. The summed E-state index contributed by atoms with van der Waals surface area (Å²) in [6.45, 7) is 0.0215. The van der Waals surface area contributed by atoms with Crippen molar-refractivity contribution in [2.45, 2.75) is 6.42 Å². The zero-order valence-electron chi connectivity index (χ0n) is 10.4. The monoisotopic (exact) mass is 275 g/mol. The number of nitrogens with zero attached hydrogens (tertiary/aromatic N) is 2. The zero-order chi connectivity index (χ0) is 13.7. The van der Waals surface area contributed by atoms with Crippen LogP contribution in [0.15, 0.2) is 23.7 Å². The number of amides is 1. The lowest BCUT2D eigenvalue weighted by Gasteiger charge is -2.03. The van der Waals surface area contributed by atoms with Crippen LogP contribution in [0.4, 0.5) is 5.82 Å². The van der Waals surface area contributed by atoms with Crippen LogP contribution >= 0.6 is 11.3 Å². The molecule has 0 fully saturated rings. The van der Waals surface area contributed by atoms with E-state index in [1.807, 2.05) is 5.38 Å². The molecule has 0 spiro atoms. The highest BCUT2D eigenvalue weighted by Gasteiger charge is 2.13. The number of nitrogens with one attached hydrogen (secondary N) is 1. The predicted octanol–water partition coefficient (Wildman–Crippen LogP) is 1.47. The average Bonchev–Trinajstić information content (AvgIpc) is 3.00. The summed E-state index contributed by atoms with van der Waals surface area (Å²) in [6.07, 6.45) is 2.02. The van der Waals surface area contributed by atoms with Crippen molar-refractivity contribution in [3.63, 3.8) is 0 Å². The Morgan fingerprint density at radius 2 is 2.42 bits per heavy atom. The Balaban J connectivity index is 2.15. The van der Waals surface area contributed by atoms with E-state index in [0.29, 0.717) is 22.7 Å². The van der Waals surface area contributed by atoms with Crippen LogP contribution in [0.2, 0.25) is 0 Å². The van der Waals surface area contributed by atoms with Gasteiger partial charge in [0.15, 0.2) is 0 Å². The van der Waals surface area contributed by atoms with Crippen LogP contribution in [0.1, 0.15) is 21.7 Å². The molecule has 0 aliphatic heterocycles. The lowest BCUT2D eigenvalue weighted by molar-refractivity contribution is 0.102. The van der Waals surface area contributed by atoms with Gasteiger partial charge in [-0.3, -0.25) is 9.48 Å². The number of rotatable bonds is 3. The zero-order valence-corrected chi connectivity index (χ0v) is 11.2. The van der Waals surface area contributed by atoms with E-state index in [2.05, 4.69) is 22.3 Å². The number of anilines is 1. The number of thiophene rings is 1. The number of aliphatic hydroxyl groups is 1. The van der Waals surface area contributed by atoms with Gasteiger partial charge in [0.1, 0.15) is 10.7 Å². The highest BCUT2D eigenvalue weighted by Crippen LogP contribution is 2.17. The minimum absolute atomic E-state index is 0.0215. The van der Waals surface area contributed by atoms with Crippen molar-refractivity contribution >= 4 is 23.1 Å². The van der Waals surface area contributed by atoms with Crippen LogP contribution in [0.25, 0.3) is 0 Å². The molecule has 0 unspecified atom stereocenters. The first kappa shape index (κ1) is 13.3. The average molecular weight is 275 g/mol. The van der Waals surface area contributed by atoms with Gasteiger partial charge in [-0.15, -0.1) is 11.3 Å². The summed E-state index contributed by atoms with van der Waals surface area (Å²) in [7, 11) is 1.76. The summed E-state index contributed by atoms with van der Waals surface area (Å²) in [4.78, 5) is 12.7. The molecule has 0 radical (unpaired) electrons. The molecular weight excluding hydrogens is 262 g/mol. The van der Waals surface area contributed by atoms with Gasteiger partial charge in [0.2, 0.25) is 0 Å². The number of hydrogen-bond acceptors (Lipinski definition) is 4. The Kier molecular flexibility index (Phi) is 4.34. The summed E-state index contributed by atoms with van der Waals surface area (Å²) in [5.74, 6) is 6.13. The normalized spacial score (nSPS) is 9.79. The molecule has 2 N–H and O–H groups in total. The lowest BCUT2D eigenvalue weighted by Crippen LogP contribution is -2.14. The summed E-state index contributed by atoms with van der Waals surface area (Å²) < 4.78 is 1.59. The van der Waals surface area contributed by atoms with Crippen LogP contribution in [0.3, 0.4) is 0 Å². The Hall–Kier alpha value is -2.10. The Morgan fingerprint density at radius 1 is 1.58 bits per heavy atom. The molecule has 0 aromatic carbocycles. The number of aromatic nitrogens is 2. The molecule has 0 aliphatic rings. The summed E-state index contributed by atoms with van der Waals surface area (Å²) in [5, 5.41) is 17.3. The fraction of sp³-hybridized carbons (Fsp3) is 0.231. The summed E-state index contributed by atoms with van der Waals surface area (Å²) in [6, 6.07) is 3.52. The van der Waals surface area contributed by atoms with Gasteiger partial charge in [-0.25, -0.2) is 0 Å². The van der Waals surface area contributed by atoms with Crippen molar-refractivity contribution < 1.29 is 9.90 Å². The third-order valence-electron chi connectivity index (χ3n) is 2.39. The molecule has 98 valence electrons. The van der Waals surface area contributed by atoms with Gasteiger partial charge in [0.05, 0.1) is 12.8 Å². The van der Waals surface area contributed by atoms with E-state index in [1.54, 1.807) is 30.1 Å². The van der Waals surface area contributed by atoms with Crippen molar-refractivity contribution in [1.29, 1.82) is 0 Å². The van der Waals surface area contributed by atoms with E-state index >= 15 is 0 Å².